The molecule has 0 amide bonds. The van der Waals surface area contributed by atoms with Gasteiger partial charge in [-0.3, -0.25) is 4.90 Å². The average Bonchev–Trinajstić information content (AvgIpc) is 2.57. The molecule has 1 aliphatic rings. The van der Waals surface area contributed by atoms with Crippen LogP contribution in [0.2, 0.25) is 0 Å². The summed E-state index contributed by atoms with van der Waals surface area (Å²) in [5, 5.41) is 0. The maximum absolute atomic E-state index is 2.59. The van der Waals surface area contributed by atoms with E-state index in [1.807, 2.05) is 0 Å². The lowest BCUT2D eigenvalue weighted by Gasteiger charge is -2.27. The highest BCUT2D eigenvalue weighted by atomic mass is 15.1. The predicted octanol–water partition coefficient (Wildman–Crippen LogP) is 5.05. The molecule has 1 heteroatoms. The molecule has 22 heavy (non-hydrogen) atoms. The molecule has 0 aliphatic heterocycles. The van der Waals surface area contributed by atoms with Crippen LogP contribution in [0.4, 0.5) is 0 Å². The van der Waals surface area contributed by atoms with E-state index in [2.05, 4.69) is 77.7 Å². The van der Waals surface area contributed by atoms with E-state index in [0.29, 0.717) is 5.92 Å². The Kier molecular flexibility index (Phi) is 5.44. The fourth-order valence-electron chi connectivity index (χ4n) is 3.23. The highest BCUT2D eigenvalue weighted by molar-refractivity contribution is 5.17. The first kappa shape index (κ1) is 15.1. The number of rotatable bonds is 6. The number of allylic oxidation sites excluding steroid dienone is 1. The summed E-state index contributed by atoms with van der Waals surface area (Å²) >= 11 is 0. The first-order valence-electron chi connectivity index (χ1n) is 8.37. The molecule has 0 radical (unpaired) electrons. The third-order valence-electron chi connectivity index (χ3n) is 4.34. The standard InChI is InChI=1S/C21H25N/c1-4-10-19(11-5-1)16-22(17-20-12-6-2-7-13-20)18-21-14-8-3-9-15-21/h1-2,4-8,10-14,21H,3,9,15-18H2. The molecule has 2 aromatic carbocycles. The molecule has 0 spiro atoms. The molecule has 1 nitrogen and oxygen atoms in total. The number of hydrogen-bond acceptors (Lipinski definition) is 1. The van der Waals surface area contributed by atoms with Crippen molar-refractivity contribution in [2.45, 2.75) is 32.4 Å². The van der Waals surface area contributed by atoms with E-state index < -0.39 is 0 Å². The Hall–Kier alpha value is -1.86. The lowest BCUT2D eigenvalue weighted by Crippen LogP contribution is -2.28. The largest absolute Gasteiger partial charge is 0.294 e. The minimum atomic E-state index is 0.709. The van der Waals surface area contributed by atoms with Crippen LogP contribution in [-0.2, 0) is 13.1 Å². The molecule has 0 fully saturated rings. The van der Waals surface area contributed by atoms with E-state index in [-0.39, 0.29) is 0 Å². The van der Waals surface area contributed by atoms with Crippen molar-refractivity contribution < 1.29 is 0 Å². The highest BCUT2D eigenvalue weighted by Crippen LogP contribution is 2.20. The van der Waals surface area contributed by atoms with Crippen molar-refractivity contribution in [3.63, 3.8) is 0 Å². The molecule has 2 aromatic rings. The van der Waals surface area contributed by atoms with Gasteiger partial charge in [0.2, 0.25) is 0 Å². The SMILES string of the molecule is C1=CC(CN(Cc2ccccc2)Cc2ccccc2)CCC1. The van der Waals surface area contributed by atoms with Gasteiger partial charge in [0.1, 0.15) is 0 Å². The van der Waals surface area contributed by atoms with Crippen LogP contribution in [0.1, 0.15) is 30.4 Å². The van der Waals surface area contributed by atoms with Gasteiger partial charge < -0.3 is 0 Å². The highest BCUT2D eigenvalue weighted by Gasteiger charge is 2.14. The van der Waals surface area contributed by atoms with Crippen molar-refractivity contribution in [2.24, 2.45) is 5.92 Å². The molecule has 3 rings (SSSR count). The van der Waals surface area contributed by atoms with Gasteiger partial charge in [-0.25, -0.2) is 0 Å². The summed E-state index contributed by atoms with van der Waals surface area (Å²) in [5.74, 6) is 0.709. The smallest absolute Gasteiger partial charge is 0.0237 e. The molecule has 0 saturated heterocycles. The first-order chi connectivity index (χ1) is 10.9. The van der Waals surface area contributed by atoms with Crippen LogP contribution >= 0.6 is 0 Å². The lowest BCUT2D eigenvalue weighted by molar-refractivity contribution is 0.223. The minimum absolute atomic E-state index is 0.709. The average molecular weight is 291 g/mol. The maximum atomic E-state index is 2.59. The zero-order valence-corrected chi connectivity index (χ0v) is 13.2. The van der Waals surface area contributed by atoms with Gasteiger partial charge in [0, 0.05) is 19.6 Å². The van der Waals surface area contributed by atoms with Crippen LogP contribution in [0.15, 0.2) is 72.8 Å². The third kappa shape index (κ3) is 4.57. The number of nitrogens with zero attached hydrogens (tertiary/aromatic N) is 1. The zero-order valence-electron chi connectivity index (χ0n) is 13.2. The Bertz CT molecular complexity index is 532. The minimum Gasteiger partial charge on any atom is -0.294 e. The monoisotopic (exact) mass is 291 g/mol. The Morgan fingerprint density at radius 3 is 1.91 bits per heavy atom. The van der Waals surface area contributed by atoms with Gasteiger partial charge in [-0.2, -0.15) is 0 Å². The Morgan fingerprint density at radius 1 is 0.818 bits per heavy atom. The van der Waals surface area contributed by atoms with Gasteiger partial charge in [0.15, 0.2) is 0 Å². The number of hydrogen-bond donors (Lipinski definition) is 0. The van der Waals surface area contributed by atoms with Crippen molar-refractivity contribution in [3.8, 4) is 0 Å². The Labute approximate surface area is 134 Å². The van der Waals surface area contributed by atoms with Gasteiger partial charge in [-0.05, 0) is 36.3 Å². The summed E-state index contributed by atoms with van der Waals surface area (Å²) in [6.07, 6.45) is 8.71. The summed E-state index contributed by atoms with van der Waals surface area (Å²) in [6, 6.07) is 21.6. The summed E-state index contributed by atoms with van der Waals surface area (Å²) in [5.41, 5.74) is 2.80. The van der Waals surface area contributed by atoms with E-state index in [1.165, 1.54) is 30.4 Å². The molecular weight excluding hydrogens is 266 g/mol. The molecule has 1 atom stereocenters. The molecule has 114 valence electrons. The molecule has 0 N–H and O–H groups in total. The van der Waals surface area contributed by atoms with Gasteiger partial charge in [-0.15, -0.1) is 0 Å². The summed E-state index contributed by atoms with van der Waals surface area (Å²) < 4.78 is 0. The maximum Gasteiger partial charge on any atom is 0.0237 e. The van der Waals surface area contributed by atoms with Crippen LogP contribution in [0.25, 0.3) is 0 Å². The summed E-state index contributed by atoms with van der Waals surface area (Å²) in [6.45, 7) is 3.21. The molecule has 0 aromatic heterocycles. The molecule has 1 aliphatic carbocycles. The van der Waals surface area contributed by atoms with Crippen LogP contribution < -0.4 is 0 Å². The van der Waals surface area contributed by atoms with Gasteiger partial charge in [-0.1, -0.05) is 72.8 Å². The fraction of sp³-hybridized carbons (Fsp3) is 0.333. The predicted molar refractivity (Wildman–Crippen MR) is 93.5 cm³/mol. The topological polar surface area (TPSA) is 3.24 Å². The normalized spacial score (nSPS) is 17.8. The Balaban J connectivity index is 1.69. The van der Waals surface area contributed by atoms with E-state index in [4.69, 9.17) is 0 Å². The molecular formula is C21H25N. The van der Waals surface area contributed by atoms with Gasteiger partial charge >= 0.3 is 0 Å². The number of benzene rings is 2. The summed E-state index contributed by atoms with van der Waals surface area (Å²) in [4.78, 5) is 2.59. The lowest BCUT2D eigenvalue weighted by atomic mass is 9.95. The van der Waals surface area contributed by atoms with Crippen LogP contribution in [0.3, 0.4) is 0 Å². The van der Waals surface area contributed by atoms with Gasteiger partial charge in [0.05, 0.1) is 0 Å². The molecule has 0 bridgehead atoms. The third-order valence-corrected chi connectivity index (χ3v) is 4.34. The van der Waals surface area contributed by atoms with Crippen molar-refractivity contribution in [3.05, 3.63) is 83.9 Å². The quantitative estimate of drug-likeness (QED) is 0.674. The second-order valence-corrected chi connectivity index (χ2v) is 6.26. The first-order valence-corrected chi connectivity index (χ1v) is 8.37. The summed E-state index contributed by atoms with van der Waals surface area (Å²) in [7, 11) is 0. The van der Waals surface area contributed by atoms with Crippen LogP contribution in [-0.4, -0.2) is 11.4 Å². The zero-order chi connectivity index (χ0) is 15.0. The van der Waals surface area contributed by atoms with Crippen LogP contribution in [0.5, 0.6) is 0 Å². The molecule has 0 heterocycles. The van der Waals surface area contributed by atoms with E-state index >= 15 is 0 Å². The van der Waals surface area contributed by atoms with Crippen molar-refractivity contribution in [1.82, 2.24) is 4.90 Å². The fourth-order valence-corrected chi connectivity index (χ4v) is 3.23. The van der Waals surface area contributed by atoms with E-state index in [1.54, 1.807) is 0 Å². The van der Waals surface area contributed by atoms with Crippen LogP contribution in [0, 0.1) is 5.92 Å². The van der Waals surface area contributed by atoms with Crippen molar-refractivity contribution in [2.75, 3.05) is 6.54 Å². The van der Waals surface area contributed by atoms with Crippen molar-refractivity contribution >= 4 is 0 Å². The van der Waals surface area contributed by atoms with E-state index in [9.17, 15) is 0 Å². The second kappa shape index (κ2) is 7.95. The molecule has 1 unspecified atom stereocenters. The van der Waals surface area contributed by atoms with Gasteiger partial charge in [0.25, 0.3) is 0 Å². The Morgan fingerprint density at radius 2 is 1.41 bits per heavy atom. The van der Waals surface area contributed by atoms with Crippen molar-refractivity contribution in [1.29, 1.82) is 0 Å². The van der Waals surface area contributed by atoms with E-state index in [0.717, 1.165) is 19.6 Å². The molecule has 0 saturated carbocycles. The second-order valence-electron chi connectivity index (χ2n) is 6.26.